The van der Waals surface area contributed by atoms with Gasteiger partial charge in [-0.05, 0) is 48.9 Å². The van der Waals surface area contributed by atoms with Crippen molar-refractivity contribution in [1.29, 1.82) is 0 Å². The second-order valence-electron chi connectivity index (χ2n) is 6.08. The zero-order valence-corrected chi connectivity index (χ0v) is 14.6. The summed E-state index contributed by atoms with van der Waals surface area (Å²) in [4.78, 5) is 22.8. The van der Waals surface area contributed by atoms with Crippen LogP contribution >= 0.6 is 0 Å². The highest BCUT2D eigenvalue weighted by molar-refractivity contribution is 5.91. The minimum absolute atomic E-state index is 0.0257. The Morgan fingerprint density at radius 3 is 2.16 bits per heavy atom. The molecule has 0 saturated carbocycles. The lowest BCUT2D eigenvalue weighted by Gasteiger charge is -2.10. The topological polar surface area (TPSA) is 66.4 Å². The lowest BCUT2D eigenvalue weighted by atomic mass is 9.99. The third kappa shape index (κ3) is 5.75. The molecule has 2 N–H and O–H groups in total. The highest BCUT2D eigenvalue weighted by atomic mass is 16.4. The predicted molar refractivity (Wildman–Crippen MR) is 100 cm³/mol. The fourth-order valence-corrected chi connectivity index (χ4v) is 2.85. The summed E-state index contributed by atoms with van der Waals surface area (Å²) >= 11 is 0. The lowest BCUT2D eigenvalue weighted by Crippen LogP contribution is -2.11. The molecule has 0 heterocycles. The van der Waals surface area contributed by atoms with Gasteiger partial charge in [0, 0.05) is 12.1 Å². The maximum Gasteiger partial charge on any atom is 0.335 e. The van der Waals surface area contributed by atoms with E-state index in [1.54, 1.807) is 12.1 Å². The molecular formula is C21H25NO3. The Balaban J connectivity index is 1.82. The summed E-state index contributed by atoms with van der Waals surface area (Å²) in [7, 11) is 0. The number of benzene rings is 2. The first-order chi connectivity index (χ1) is 12.1. The third-order valence-electron chi connectivity index (χ3n) is 4.25. The number of amides is 1. The number of aryl methyl sites for hydroxylation is 2. The largest absolute Gasteiger partial charge is 0.478 e. The van der Waals surface area contributed by atoms with Crippen molar-refractivity contribution in [3.63, 3.8) is 0 Å². The van der Waals surface area contributed by atoms with Crippen LogP contribution in [0.4, 0.5) is 5.69 Å². The number of hydrogen-bond donors (Lipinski definition) is 2. The maximum absolute atomic E-state index is 11.6. The van der Waals surface area contributed by atoms with Crippen LogP contribution in [0, 0.1) is 0 Å². The number of anilines is 1. The fraction of sp³-hybridized carbons (Fsp3) is 0.333. The molecule has 2 aromatic rings. The van der Waals surface area contributed by atoms with Crippen LogP contribution in [0.1, 0.15) is 54.1 Å². The fourth-order valence-electron chi connectivity index (χ4n) is 2.85. The van der Waals surface area contributed by atoms with Gasteiger partial charge in [-0.1, -0.05) is 49.7 Å². The molecule has 4 nitrogen and oxygen atoms in total. The molecule has 1 amide bonds. The van der Waals surface area contributed by atoms with Crippen LogP contribution in [-0.2, 0) is 17.6 Å². The summed E-state index contributed by atoms with van der Waals surface area (Å²) in [6, 6.07) is 15.1. The number of carboxylic acid groups (broad SMARTS) is 1. The van der Waals surface area contributed by atoms with E-state index >= 15 is 0 Å². The van der Waals surface area contributed by atoms with Crippen molar-refractivity contribution in [2.75, 3.05) is 5.32 Å². The number of para-hydroxylation sites is 1. The Hall–Kier alpha value is -2.62. The number of hydrogen-bond acceptors (Lipinski definition) is 2. The SMILES string of the molecule is CCC(=O)Nc1ccccc1CCCCCc1ccccc1C(=O)O. The predicted octanol–water partition coefficient (Wildman–Crippen LogP) is 4.69. The lowest BCUT2D eigenvalue weighted by molar-refractivity contribution is -0.115. The van der Waals surface area contributed by atoms with E-state index in [9.17, 15) is 14.7 Å². The van der Waals surface area contributed by atoms with E-state index in [1.165, 1.54) is 0 Å². The first-order valence-corrected chi connectivity index (χ1v) is 8.80. The van der Waals surface area contributed by atoms with E-state index in [-0.39, 0.29) is 5.91 Å². The number of unbranched alkanes of at least 4 members (excludes halogenated alkanes) is 2. The Labute approximate surface area is 148 Å². The first-order valence-electron chi connectivity index (χ1n) is 8.80. The van der Waals surface area contributed by atoms with Crippen molar-refractivity contribution in [1.82, 2.24) is 0 Å². The molecule has 2 aromatic carbocycles. The van der Waals surface area contributed by atoms with Gasteiger partial charge in [-0.15, -0.1) is 0 Å². The van der Waals surface area contributed by atoms with Gasteiger partial charge in [0.25, 0.3) is 0 Å². The van der Waals surface area contributed by atoms with Crippen LogP contribution in [0.2, 0.25) is 0 Å². The first kappa shape index (κ1) is 18.7. The standard InChI is InChI=1S/C21H25NO3/c1-2-20(23)22-19-15-9-7-13-17(19)12-5-3-4-10-16-11-6-8-14-18(16)21(24)25/h6-9,11,13-15H,2-5,10,12H2,1H3,(H,22,23)(H,24,25). The zero-order chi connectivity index (χ0) is 18.1. The summed E-state index contributed by atoms with van der Waals surface area (Å²) in [6.45, 7) is 1.84. The normalized spacial score (nSPS) is 10.4. The molecule has 0 spiro atoms. The number of rotatable bonds is 9. The van der Waals surface area contributed by atoms with Crippen molar-refractivity contribution < 1.29 is 14.7 Å². The number of carboxylic acids is 1. The highest BCUT2D eigenvalue weighted by Crippen LogP contribution is 2.19. The van der Waals surface area contributed by atoms with Gasteiger partial charge in [0.1, 0.15) is 0 Å². The zero-order valence-electron chi connectivity index (χ0n) is 14.6. The van der Waals surface area contributed by atoms with E-state index in [4.69, 9.17) is 0 Å². The van der Waals surface area contributed by atoms with E-state index in [0.717, 1.165) is 48.9 Å². The average molecular weight is 339 g/mol. The van der Waals surface area contributed by atoms with Gasteiger partial charge in [-0.2, -0.15) is 0 Å². The van der Waals surface area contributed by atoms with Gasteiger partial charge in [0.05, 0.1) is 5.56 Å². The Morgan fingerprint density at radius 2 is 1.48 bits per heavy atom. The Bertz CT molecular complexity index is 725. The van der Waals surface area contributed by atoms with Crippen LogP contribution in [0.3, 0.4) is 0 Å². The molecule has 0 unspecified atom stereocenters. The van der Waals surface area contributed by atoms with Crippen LogP contribution in [-0.4, -0.2) is 17.0 Å². The van der Waals surface area contributed by atoms with Crippen LogP contribution in [0.5, 0.6) is 0 Å². The molecule has 0 aromatic heterocycles. The number of aromatic carboxylic acids is 1. The van der Waals surface area contributed by atoms with E-state index in [0.29, 0.717) is 12.0 Å². The smallest absolute Gasteiger partial charge is 0.335 e. The minimum atomic E-state index is -0.865. The minimum Gasteiger partial charge on any atom is -0.478 e. The van der Waals surface area contributed by atoms with E-state index in [2.05, 4.69) is 5.32 Å². The Kier molecular flexibility index (Phi) is 7.20. The molecule has 0 radical (unpaired) electrons. The van der Waals surface area contributed by atoms with Crippen molar-refractivity contribution in [3.05, 3.63) is 65.2 Å². The number of carbonyl (C=O) groups excluding carboxylic acids is 1. The van der Waals surface area contributed by atoms with Gasteiger partial charge >= 0.3 is 5.97 Å². The molecule has 4 heteroatoms. The van der Waals surface area contributed by atoms with E-state index < -0.39 is 5.97 Å². The molecule has 0 aliphatic carbocycles. The summed E-state index contributed by atoms with van der Waals surface area (Å²) in [5.41, 5.74) is 3.33. The van der Waals surface area contributed by atoms with Crippen molar-refractivity contribution in [2.24, 2.45) is 0 Å². The summed E-state index contributed by atoms with van der Waals surface area (Å²) < 4.78 is 0. The molecule has 25 heavy (non-hydrogen) atoms. The molecule has 0 aliphatic heterocycles. The highest BCUT2D eigenvalue weighted by Gasteiger charge is 2.08. The number of nitrogens with one attached hydrogen (secondary N) is 1. The molecule has 0 bridgehead atoms. The molecule has 0 fully saturated rings. The van der Waals surface area contributed by atoms with Gasteiger partial charge in [-0.25, -0.2) is 4.79 Å². The average Bonchev–Trinajstić information content (AvgIpc) is 2.62. The number of carbonyl (C=O) groups is 2. The summed E-state index contributed by atoms with van der Waals surface area (Å²) in [6.07, 6.45) is 5.13. The van der Waals surface area contributed by atoms with Gasteiger partial charge in [0.15, 0.2) is 0 Å². The monoisotopic (exact) mass is 339 g/mol. The van der Waals surface area contributed by atoms with Crippen LogP contribution in [0.15, 0.2) is 48.5 Å². The van der Waals surface area contributed by atoms with Crippen molar-refractivity contribution >= 4 is 17.6 Å². The third-order valence-corrected chi connectivity index (χ3v) is 4.25. The van der Waals surface area contributed by atoms with Crippen LogP contribution < -0.4 is 5.32 Å². The quantitative estimate of drug-likeness (QED) is 0.651. The molecule has 132 valence electrons. The summed E-state index contributed by atoms with van der Waals surface area (Å²) in [5, 5.41) is 12.1. The maximum atomic E-state index is 11.6. The van der Waals surface area contributed by atoms with E-state index in [1.807, 2.05) is 43.3 Å². The molecule has 0 saturated heterocycles. The second-order valence-corrected chi connectivity index (χ2v) is 6.08. The van der Waals surface area contributed by atoms with Crippen LogP contribution in [0.25, 0.3) is 0 Å². The summed E-state index contributed by atoms with van der Waals surface area (Å²) in [5.74, 6) is -0.839. The van der Waals surface area contributed by atoms with Gasteiger partial charge in [0.2, 0.25) is 5.91 Å². The van der Waals surface area contributed by atoms with Gasteiger partial charge < -0.3 is 10.4 Å². The molecular weight excluding hydrogens is 314 g/mol. The Morgan fingerprint density at radius 1 is 0.880 bits per heavy atom. The molecule has 0 aliphatic rings. The molecule has 0 atom stereocenters. The van der Waals surface area contributed by atoms with Crippen molar-refractivity contribution in [2.45, 2.75) is 45.4 Å². The molecule has 2 rings (SSSR count). The van der Waals surface area contributed by atoms with Crippen molar-refractivity contribution in [3.8, 4) is 0 Å². The van der Waals surface area contributed by atoms with Gasteiger partial charge in [-0.3, -0.25) is 4.79 Å². The second kappa shape index (κ2) is 9.62.